The third-order valence-corrected chi connectivity index (χ3v) is 6.67. The maximum atomic E-state index is 13.6. The van der Waals surface area contributed by atoms with E-state index in [2.05, 4.69) is 0 Å². The predicted molar refractivity (Wildman–Crippen MR) is 120 cm³/mol. The van der Waals surface area contributed by atoms with E-state index in [0.717, 1.165) is 28.4 Å². The number of hydrogen-bond acceptors (Lipinski definition) is 4. The van der Waals surface area contributed by atoms with E-state index in [1.807, 2.05) is 19.1 Å². The Balaban J connectivity index is 1.74. The highest BCUT2D eigenvalue weighted by Gasteiger charge is 2.53. The van der Waals surface area contributed by atoms with Crippen LogP contribution in [0, 0.1) is 18.8 Å². The molecule has 1 aliphatic carbocycles. The fraction of sp³-hybridized carbons (Fsp3) is 0.360. The number of imide groups is 1. The second-order valence-corrected chi connectivity index (χ2v) is 8.99. The number of hydrazine groups is 1. The van der Waals surface area contributed by atoms with Crippen LogP contribution >= 0.6 is 11.6 Å². The van der Waals surface area contributed by atoms with Crippen molar-refractivity contribution in [1.82, 2.24) is 10.0 Å². The molecule has 1 aliphatic heterocycles. The van der Waals surface area contributed by atoms with Gasteiger partial charge in [0.05, 0.1) is 11.8 Å². The maximum absolute atomic E-state index is 13.6. The molecule has 4 rings (SSSR count). The Morgan fingerprint density at radius 1 is 0.906 bits per heavy atom. The smallest absolute Gasteiger partial charge is 0.273 e. The van der Waals surface area contributed by atoms with E-state index in [1.165, 1.54) is 12.1 Å². The lowest BCUT2D eigenvalue weighted by Gasteiger charge is -2.34. The monoisotopic (exact) mass is 452 g/mol. The summed E-state index contributed by atoms with van der Waals surface area (Å²) in [6.45, 7) is 3.47. The Bertz CT molecular complexity index is 1040. The molecule has 3 atom stereocenters. The maximum Gasteiger partial charge on any atom is 0.273 e. The van der Waals surface area contributed by atoms with Crippen molar-refractivity contribution >= 4 is 35.1 Å². The molecule has 0 aromatic heterocycles. The minimum Gasteiger partial charge on any atom is -0.292 e. The summed E-state index contributed by atoms with van der Waals surface area (Å²) in [4.78, 5) is 53.4. The first-order chi connectivity index (χ1) is 15.3. The van der Waals surface area contributed by atoms with Crippen LogP contribution in [0.2, 0.25) is 5.02 Å². The van der Waals surface area contributed by atoms with E-state index < -0.39 is 35.6 Å². The van der Waals surface area contributed by atoms with Crippen LogP contribution in [0.4, 0.5) is 0 Å². The van der Waals surface area contributed by atoms with Crippen LogP contribution in [0.25, 0.3) is 0 Å². The van der Waals surface area contributed by atoms with Crippen molar-refractivity contribution in [2.45, 2.75) is 45.6 Å². The molecule has 32 heavy (non-hydrogen) atoms. The predicted octanol–water partition coefficient (Wildman–Crippen LogP) is 4.45. The second-order valence-electron chi connectivity index (χ2n) is 8.55. The largest absolute Gasteiger partial charge is 0.292 e. The van der Waals surface area contributed by atoms with Crippen LogP contribution < -0.4 is 0 Å². The van der Waals surface area contributed by atoms with Gasteiger partial charge in [0.25, 0.3) is 17.7 Å². The van der Waals surface area contributed by atoms with Crippen molar-refractivity contribution in [2.24, 2.45) is 11.8 Å². The topological polar surface area (TPSA) is 74.8 Å². The third-order valence-electron chi connectivity index (χ3n) is 6.41. The first-order valence-electron chi connectivity index (χ1n) is 10.9. The summed E-state index contributed by atoms with van der Waals surface area (Å²) in [6.07, 6.45) is 2.98. The van der Waals surface area contributed by atoms with E-state index in [4.69, 9.17) is 11.6 Å². The van der Waals surface area contributed by atoms with Gasteiger partial charge in [-0.1, -0.05) is 54.3 Å². The molecule has 3 amide bonds. The van der Waals surface area contributed by atoms with Gasteiger partial charge in [-0.05, 0) is 51.0 Å². The lowest BCUT2D eigenvalue weighted by atomic mass is 9.81. The zero-order chi connectivity index (χ0) is 23.0. The molecular weight excluding hydrogens is 428 g/mol. The number of aryl methyl sites for hydroxylation is 1. The second kappa shape index (κ2) is 8.87. The zero-order valence-electron chi connectivity index (χ0n) is 18.1. The minimum absolute atomic E-state index is 0.244. The first kappa shape index (κ1) is 22.2. The molecule has 2 aromatic carbocycles. The molecule has 1 saturated heterocycles. The van der Waals surface area contributed by atoms with Crippen molar-refractivity contribution in [1.29, 1.82) is 0 Å². The van der Waals surface area contributed by atoms with Crippen LogP contribution in [-0.4, -0.2) is 39.6 Å². The van der Waals surface area contributed by atoms with Gasteiger partial charge in [0, 0.05) is 16.1 Å². The van der Waals surface area contributed by atoms with Crippen LogP contribution in [0.15, 0.2) is 48.5 Å². The summed E-state index contributed by atoms with van der Waals surface area (Å²) in [7, 11) is 0. The highest BCUT2D eigenvalue weighted by Crippen LogP contribution is 2.39. The Hall–Kier alpha value is -2.99. The van der Waals surface area contributed by atoms with Crippen molar-refractivity contribution in [3.05, 3.63) is 70.2 Å². The van der Waals surface area contributed by atoms with Gasteiger partial charge in [-0.15, -0.1) is 0 Å². The standard InChI is InChI=1S/C25H25ClN2O4/c1-15-7-9-17(10-8-15)22(29)16(2)27(23(30)18-11-13-19(26)14-12-18)28-24(31)20-5-3-4-6-21(20)25(28)32/h7-14,16,20-21H,3-6H2,1-2H3/t16-,20-,21+/m1/s1. The average molecular weight is 453 g/mol. The number of carbonyl (C=O) groups excluding carboxylic acids is 4. The van der Waals surface area contributed by atoms with Crippen LogP contribution in [-0.2, 0) is 9.59 Å². The van der Waals surface area contributed by atoms with E-state index >= 15 is 0 Å². The molecule has 7 heteroatoms. The van der Waals surface area contributed by atoms with Crippen molar-refractivity contribution < 1.29 is 19.2 Å². The summed E-state index contributed by atoms with van der Waals surface area (Å²) in [5.41, 5.74) is 1.65. The number of Topliss-reactive ketones (excluding diaryl/α,β-unsaturated/α-hetero) is 1. The van der Waals surface area contributed by atoms with Gasteiger partial charge in [-0.2, -0.15) is 5.01 Å². The molecule has 0 radical (unpaired) electrons. The van der Waals surface area contributed by atoms with Gasteiger partial charge in [-0.25, -0.2) is 5.01 Å². The van der Waals surface area contributed by atoms with Crippen molar-refractivity contribution in [3.8, 4) is 0 Å². The number of rotatable bonds is 5. The quantitative estimate of drug-likeness (QED) is 0.496. The molecule has 2 aliphatic rings. The number of ketones is 1. The van der Waals surface area contributed by atoms with Crippen LogP contribution in [0.3, 0.4) is 0 Å². The highest BCUT2D eigenvalue weighted by molar-refractivity contribution is 6.30. The van der Waals surface area contributed by atoms with Gasteiger partial charge in [0.2, 0.25) is 0 Å². The zero-order valence-corrected chi connectivity index (χ0v) is 18.8. The normalized spacial score (nSPS) is 21.3. The number of hydrogen-bond donors (Lipinski definition) is 0. The fourth-order valence-corrected chi connectivity index (χ4v) is 4.72. The lowest BCUT2D eigenvalue weighted by molar-refractivity contribution is -0.156. The van der Waals surface area contributed by atoms with Gasteiger partial charge >= 0.3 is 0 Å². The Morgan fingerprint density at radius 2 is 1.41 bits per heavy atom. The molecule has 166 valence electrons. The van der Waals surface area contributed by atoms with Gasteiger partial charge < -0.3 is 0 Å². The molecule has 2 aromatic rings. The number of halogens is 1. The van der Waals surface area contributed by atoms with Crippen LogP contribution in [0.1, 0.15) is 58.9 Å². The number of nitrogens with zero attached hydrogens (tertiary/aromatic N) is 2. The number of benzene rings is 2. The Kier molecular flexibility index (Phi) is 6.15. The molecule has 0 N–H and O–H groups in total. The SMILES string of the molecule is Cc1ccc(C(=O)[C@@H](C)N(C(=O)c2ccc(Cl)cc2)N2C(=O)[C@H]3CCCC[C@H]3C2=O)cc1. The van der Waals surface area contributed by atoms with Gasteiger partial charge in [0.15, 0.2) is 5.78 Å². The first-order valence-corrected chi connectivity index (χ1v) is 11.2. The highest BCUT2D eigenvalue weighted by atomic mass is 35.5. The molecular formula is C25H25ClN2O4. The summed E-state index contributed by atoms with van der Waals surface area (Å²) < 4.78 is 0. The molecule has 0 unspecified atom stereocenters. The molecule has 1 saturated carbocycles. The van der Waals surface area contributed by atoms with Gasteiger partial charge in [-0.3, -0.25) is 19.2 Å². The molecule has 0 bridgehead atoms. The Morgan fingerprint density at radius 3 is 1.94 bits per heavy atom. The number of carbonyl (C=O) groups is 4. The molecule has 2 fully saturated rings. The summed E-state index contributed by atoms with van der Waals surface area (Å²) >= 11 is 5.96. The van der Waals surface area contributed by atoms with Gasteiger partial charge in [0.1, 0.15) is 6.04 Å². The number of fused-ring (bicyclic) bond motifs is 1. The molecule has 1 heterocycles. The molecule has 6 nitrogen and oxygen atoms in total. The summed E-state index contributed by atoms with van der Waals surface area (Å²) in [5, 5.41) is 2.44. The molecule has 0 spiro atoms. The average Bonchev–Trinajstić information content (AvgIpc) is 3.05. The number of amides is 3. The minimum atomic E-state index is -1.05. The van der Waals surface area contributed by atoms with Crippen molar-refractivity contribution in [3.63, 3.8) is 0 Å². The lowest BCUT2D eigenvalue weighted by Crippen LogP contribution is -2.56. The van der Waals surface area contributed by atoms with E-state index in [9.17, 15) is 19.2 Å². The van der Waals surface area contributed by atoms with Crippen molar-refractivity contribution in [2.75, 3.05) is 0 Å². The van der Waals surface area contributed by atoms with E-state index in [-0.39, 0.29) is 11.3 Å². The van der Waals surface area contributed by atoms with Crippen LogP contribution in [0.5, 0.6) is 0 Å². The third kappa shape index (κ3) is 3.95. The fourth-order valence-electron chi connectivity index (χ4n) is 4.59. The van der Waals surface area contributed by atoms with E-state index in [0.29, 0.717) is 23.4 Å². The summed E-state index contributed by atoms with van der Waals surface area (Å²) in [6, 6.07) is 12.1. The van der Waals surface area contributed by atoms with E-state index in [1.54, 1.807) is 31.2 Å². The summed E-state index contributed by atoms with van der Waals surface area (Å²) in [5.74, 6) is -2.59. The Labute approximate surface area is 192 Å².